The fourth-order valence-electron chi connectivity index (χ4n) is 0.867. The summed E-state index contributed by atoms with van der Waals surface area (Å²) in [6, 6.07) is 3.88. The molecule has 0 saturated carbocycles. The largest absolute Gasteiger partial charge is 0.269 e. The van der Waals surface area contributed by atoms with Crippen LogP contribution < -0.4 is 5.54 Å². The van der Waals surface area contributed by atoms with Gasteiger partial charge in [-0.2, -0.15) is 0 Å². The molecule has 0 heterocycles. The molecule has 4 nitrogen and oxygen atoms in total. The lowest BCUT2D eigenvalue weighted by Gasteiger charge is -2.00. The standard InChI is InChI=1S/C7H7FN2O2/c1-5-4-6(10(11)12)2-3-7(5)9-8/h2-4,9H,1H3. The first kappa shape index (κ1) is 8.45. The molecule has 0 saturated heterocycles. The Kier molecular flexibility index (Phi) is 2.23. The van der Waals surface area contributed by atoms with Gasteiger partial charge in [-0.3, -0.25) is 10.1 Å². The van der Waals surface area contributed by atoms with Crippen LogP contribution in [0.25, 0.3) is 0 Å². The van der Waals surface area contributed by atoms with E-state index in [0.717, 1.165) is 0 Å². The third-order valence-electron chi connectivity index (χ3n) is 1.52. The van der Waals surface area contributed by atoms with Gasteiger partial charge in [-0.15, -0.1) is 4.48 Å². The number of nitrogens with zero attached hydrogens (tertiary/aromatic N) is 1. The topological polar surface area (TPSA) is 55.2 Å². The number of hydrogen-bond donors (Lipinski definition) is 1. The van der Waals surface area contributed by atoms with E-state index in [1.54, 1.807) is 6.92 Å². The van der Waals surface area contributed by atoms with E-state index in [9.17, 15) is 14.6 Å². The number of nitro groups is 1. The van der Waals surface area contributed by atoms with Crippen molar-refractivity contribution in [3.05, 3.63) is 33.9 Å². The third-order valence-corrected chi connectivity index (χ3v) is 1.52. The van der Waals surface area contributed by atoms with Gasteiger partial charge in [-0.05, 0) is 18.6 Å². The summed E-state index contributed by atoms with van der Waals surface area (Å²) in [6.45, 7) is 1.59. The molecule has 0 amide bonds. The summed E-state index contributed by atoms with van der Waals surface area (Å²) in [5.41, 5.74) is 2.16. The predicted octanol–water partition coefficient (Wildman–Crippen LogP) is 2.20. The molecule has 0 unspecified atom stereocenters. The van der Waals surface area contributed by atoms with E-state index in [-0.39, 0.29) is 11.4 Å². The number of halogens is 1. The van der Waals surface area contributed by atoms with E-state index in [1.165, 1.54) is 23.7 Å². The molecule has 0 radical (unpaired) electrons. The van der Waals surface area contributed by atoms with Gasteiger partial charge in [0.15, 0.2) is 0 Å². The maximum Gasteiger partial charge on any atom is 0.269 e. The van der Waals surface area contributed by atoms with Crippen molar-refractivity contribution in [2.75, 3.05) is 5.54 Å². The smallest absolute Gasteiger partial charge is 0.258 e. The molecule has 0 spiro atoms. The number of hydrogen-bond acceptors (Lipinski definition) is 3. The monoisotopic (exact) mass is 170 g/mol. The lowest BCUT2D eigenvalue weighted by molar-refractivity contribution is -0.384. The molecule has 0 atom stereocenters. The zero-order chi connectivity index (χ0) is 9.14. The van der Waals surface area contributed by atoms with E-state index >= 15 is 0 Å². The number of rotatable bonds is 2. The van der Waals surface area contributed by atoms with Crippen LogP contribution in [0.1, 0.15) is 5.56 Å². The van der Waals surface area contributed by atoms with Crippen LogP contribution in [0, 0.1) is 17.0 Å². The van der Waals surface area contributed by atoms with Crippen LogP contribution in [0.2, 0.25) is 0 Å². The Morgan fingerprint density at radius 1 is 1.58 bits per heavy atom. The quantitative estimate of drug-likeness (QED) is 0.420. The Morgan fingerprint density at radius 3 is 2.67 bits per heavy atom. The Bertz CT molecular complexity index is 314. The Morgan fingerprint density at radius 2 is 2.25 bits per heavy atom. The number of nitrogens with one attached hydrogen (secondary N) is 1. The van der Waals surface area contributed by atoms with Gasteiger partial charge < -0.3 is 0 Å². The lowest BCUT2D eigenvalue weighted by Crippen LogP contribution is -1.91. The van der Waals surface area contributed by atoms with Gasteiger partial charge in [0.05, 0.1) is 10.6 Å². The van der Waals surface area contributed by atoms with E-state index < -0.39 is 4.92 Å². The van der Waals surface area contributed by atoms with Crippen molar-refractivity contribution in [1.82, 2.24) is 0 Å². The molecule has 0 aliphatic rings. The Hall–Kier alpha value is -1.65. The Labute approximate surface area is 68.1 Å². The van der Waals surface area contributed by atoms with Crippen LogP contribution in [-0.2, 0) is 0 Å². The summed E-state index contributed by atoms with van der Waals surface area (Å²) >= 11 is 0. The van der Waals surface area contributed by atoms with E-state index in [0.29, 0.717) is 5.56 Å². The summed E-state index contributed by atoms with van der Waals surface area (Å²) < 4.78 is 11.9. The van der Waals surface area contributed by atoms with Crippen molar-refractivity contribution in [3.8, 4) is 0 Å². The lowest BCUT2D eigenvalue weighted by atomic mass is 10.2. The molecule has 0 aromatic heterocycles. The van der Waals surface area contributed by atoms with Gasteiger partial charge in [0, 0.05) is 12.1 Å². The van der Waals surface area contributed by atoms with E-state index in [4.69, 9.17) is 0 Å². The molecule has 0 aliphatic carbocycles. The molecule has 1 rings (SSSR count). The molecule has 12 heavy (non-hydrogen) atoms. The van der Waals surface area contributed by atoms with E-state index in [1.807, 2.05) is 0 Å². The van der Waals surface area contributed by atoms with Gasteiger partial charge in [-0.1, -0.05) is 0 Å². The summed E-state index contributed by atoms with van der Waals surface area (Å²) in [5.74, 6) is 0. The highest BCUT2D eigenvalue weighted by atomic mass is 19.2. The molecule has 1 aromatic rings. The minimum atomic E-state index is -0.519. The van der Waals surface area contributed by atoms with Crippen LogP contribution >= 0.6 is 0 Å². The van der Waals surface area contributed by atoms with E-state index in [2.05, 4.69) is 0 Å². The molecule has 0 aliphatic heterocycles. The van der Waals surface area contributed by atoms with Crippen molar-refractivity contribution >= 4 is 11.4 Å². The normalized spacial score (nSPS) is 9.50. The van der Waals surface area contributed by atoms with Gasteiger partial charge in [0.2, 0.25) is 0 Å². The minimum Gasteiger partial charge on any atom is -0.258 e. The average Bonchev–Trinajstić information content (AvgIpc) is 2.04. The van der Waals surface area contributed by atoms with Crippen molar-refractivity contribution in [2.45, 2.75) is 6.92 Å². The van der Waals surface area contributed by atoms with Crippen LogP contribution in [0.4, 0.5) is 15.9 Å². The first-order valence-corrected chi connectivity index (χ1v) is 3.27. The first-order chi connectivity index (χ1) is 5.65. The molecule has 0 bridgehead atoms. The number of non-ortho nitro benzene ring substituents is 1. The van der Waals surface area contributed by atoms with Crippen LogP contribution in [0.15, 0.2) is 18.2 Å². The third kappa shape index (κ3) is 1.50. The zero-order valence-corrected chi connectivity index (χ0v) is 6.37. The summed E-state index contributed by atoms with van der Waals surface area (Å²) in [4.78, 5) is 9.73. The predicted molar refractivity (Wildman–Crippen MR) is 42.6 cm³/mol. The maximum atomic E-state index is 11.9. The van der Waals surface area contributed by atoms with Crippen LogP contribution in [0.3, 0.4) is 0 Å². The average molecular weight is 170 g/mol. The van der Waals surface area contributed by atoms with Gasteiger partial charge >= 0.3 is 0 Å². The zero-order valence-electron chi connectivity index (χ0n) is 6.37. The van der Waals surface area contributed by atoms with Crippen molar-refractivity contribution < 1.29 is 9.40 Å². The van der Waals surface area contributed by atoms with Crippen LogP contribution in [0.5, 0.6) is 0 Å². The molecular weight excluding hydrogens is 163 g/mol. The second-order valence-electron chi connectivity index (χ2n) is 2.35. The molecule has 1 aromatic carbocycles. The van der Waals surface area contributed by atoms with Crippen molar-refractivity contribution in [3.63, 3.8) is 0 Å². The highest BCUT2D eigenvalue weighted by Crippen LogP contribution is 2.20. The number of aryl methyl sites for hydroxylation is 1. The molecule has 1 N–H and O–H groups in total. The number of nitro benzene ring substituents is 1. The van der Waals surface area contributed by atoms with Gasteiger partial charge in [0.25, 0.3) is 5.69 Å². The number of anilines is 1. The minimum absolute atomic E-state index is 0.0356. The fraction of sp³-hybridized carbons (Fsp3) is 0.143. The molecule has 5 heteroatoms. The summed E-state index contributed by atoms with van der Waals surface area (Å²) in [5, 5.41) is 10.2. The molecule has 64 valence electrons. The highest BCUT2D eigenvalue weighted by molar-refractivity contribution is 5.53. The van der Waals surface area contributed by atoms with Crippen molar-refractivity contribution in [2.24, 2.45) is 0 Å². The Balaban J connectivity index is 3.10. The van der Waals surface area contributed by atoms with Gasteiger partial charge in [-0.25, -0.2) is 5.54 Å². The summed E-state index contributed by atoms with van der Waals surface area (Å²) in [7, 11) is 0. The summed E-state index contributed by atoms with van der Waals surface area (Å²) in [6.07, 6.45) is 0. The molecule has 0 fully saturated rings. The fourth-order valence-corrected chi connectivity index (χ4v) is 0.867. The first-order valence-electron chi connectivity index (χ1n) is 3.27. The SMILES string of the molecule is Cc1cc([N+](=O)[O-])ccc1NF. The number of benzene rings is 1. The maximum absolute atomic E-state index is 11.9. The van der Waals surface area contributed by atoms with Crippen LogP contribution in [-0.4, -0.2) is 4.92 Å². The van der Waals surface area contributed by atoms with Crippen molar-refractivity contribution in [1.29, 1.82) is 0 Å². The second kappa shape index (κ2) is 3.17. The molecular formula is C7H7FN2O2. The van der Waals surface area contributed by atoms with Gasteiger partial charge in [0.1, 0.15) is 0 Å². The highest BCUT2D eigenvalue weighted by Gasteiger charge is 2.06. The second-order valence-corrected chi connectivity index (χ2v) is 2.35.